The van der Waals surface area contributed by atoms with Gasteiger partial charge in [0.15, 0.2) is 0 Å². The number of carbonyl (C=O) groups is 2. The zero-order valence-corrected chi connectivity index (χ0v) is 23.2. The molecule has 9 nitrogen and oxygen atoms in total. The summed E-state index contributed by atoms with van der Waals surface area (Å²) in [4.78, 5) is 39.5. The number of fused-ring (bicyclic) bond motifs is 1. The minimum atomic E-state index is -0.268. The molecule has 2 atom stereocenters. The Balaban J connectivity index is 1.37. The van der Waals surface area contributed by atoms with E-state index >= 15 is 0 Å². The number of likely N-dealkylation sites (tertiary alicyclic amines) is 2. The fourth-order valence-electron chi connectivity index (χ4n) is 5.50. The first-order chi connectivity index (χ1) is 18.9. The number of amides is 2. The fourth-order valence-corrected chi connectivity index (χ4v) is 5.77. The average molecular weight is 551 g/mol. The van der Waals surface area contributed by atoms with E-state index in [4.69, 9.17) is 21.3 Å². The summed E-state index contributed by atoms with van der Waals surface area (Å²) < 4.78 is 7.45. The van der Waals surface area contributed by atoms with Crippen LogP contribution in [0.3, 0.4) is 0 Å². The summed E-state index contributed by atoms with van der Waals surface area (Å²) in [6, 6.07) is 8.89. The maximum atomic E-state index is 13.2. The Morgan fingerprint density at radius 3 is 2.85 bits per heavy atom. The molecule has 2 amide bonds. The predicted octanol–water partition coefficient (Wildman–Crippen LogP) is 4.48. The van der Waals surface area contributed by atoms with Crippen LogP contribution in [-0.4, -0.2) is 82.1 Å². The number of hydrogen-bond acceptors (Lipinski definition) is 6. The number of imidazole rings is 1. The van der Waals surface area contributed by atoms with Crippen molar-refractivity contribution in [3.8, 4) is 0 Å². The average Bonchev–Trinajstić information content (AvgIpc) is 3.45. The molecule has 10 heteroatoms. The molecule has 2 aliphatic rings. The Morgan fingerprint density at radius 2 is 2.05 bits per heavy atom. The van der Waals surface area contributed by atoms with Gasteiger partial charge in [-0.25, -0.2) is 4.98 Å². The maximum Gasteiger partial charge on any atom is 0.258 e. The van der Waals surface area contributed by atoms with E-state index in [2.05, 4.69) is 15.2 Å². The van der Waals surface area contributed by atoms with Crippen LogP contribution in [0.4, 0.5) is 5.95 Å². The molecule has 2 saturated heterocycles. The number of halogens is 1. The van der Waals surface area contributed by atoms with Gasteiger partial charge in [0, 0.05) is 63.4 Å². The number of nitrogens with one attached hydrogen (secondary N) is 1. The summed E-state index contributed by atoms with van der Waals surface area (Å²) in [6.45, 7) is 5.64. The lowest BCUT2D eigenvalue weighted by atomic mass is 10.1. The number of aryl methyl sites for hydroxylation is 1. The van der Waals surface area contributed by atoms with Crippen molar-refractivity contribution in [3.05, 3.63) is 65.0 Å². The van der Waals surface area contributed by atoms with Crippen LogP contribution < -0.4 is 5.32 Å². The van der Waals surface area contributed by atoms with Crippen LogP contribution in [0.15, 0.2) is 48.7 Å². The molecule has 206 valence electrons. The zero-order chi connectivity index (χ0) is 27.4. The summed E-state index contributed by atoms with van der Waals surface area (Å²) in [5, 5.41) is 3.56. The van der Waals surface area contributed by atoms with E-state index in [1.165, 1.54) is 0 Å². The largest absolute Gasteiger partial charge is 0.380 e. The highest BCUT2D eigenvalue weighted by Crippen LogP contribution is 2.34. The van der Waals surface area contributed by atoms with E-state index in [0.29, 0.717) is 35.1 Å². The van der Waals surface area contributed by atoms with Crippen LogP contribution >= 0.6 is 11.6 Å². The molecule has 1 N–H and O–H groups in total. The number of pyridine rings is 1. The molecule has 0 spiro atoms. The fraction of sp³-hybridized carbons (Fsp3) is 0.448. The van der Waals surface area contributed by atoms with Crippen LogP contribution in [0, 0.1) is 6.92 Å². The molecule has 39 heavy (non-hydrogen) atoms. The molecule has 0 aliphatic carbocycles. The highest BCUT2D eigenvalue weighted by Gasteiger charge is 2.28. The van der Waals surface area contributed by atoms with Crippen molar-refractivity contribution < 1.29 is 14.3 Å². The minimum Gasteiger partial charge on any atom is -0.380 e. The Bertz CT molecular complexity index is 1370. The van der Waals surface area contributed by atoms with Gasteiger partial charge in [-0.15, -0.1) is 0 Å². The quantitative estimate of drug-likeness (QED) is 0.436. The van der Waals surface area contributed by atoms with Gasteiger partial charge in [0.25, 0.3) is 5.91 Å². The van der Waals surface area contributed by atoms with E-state index in [1.807, 2.05) is 40.7 Å². The number of para-hydroxylation sites is 1. The lowest BCUT2D eigenvalue weighted by Crippen LogP contribution is -2.35. The summed E-state index contributed by atoms with van der Waals surface area (Å²) in [7, 11) is 1.75. The first-order valence-electron chi connectivity index (χ1n) is 13.5. The van der Waals surface area contributed by atoms with Gasteiger partial charge in [-0.05, 0) is 56.9 Å². The summed E-state index contributed by atoms with van der Waals surface area (Å²) in [5.74, 6) is 0.155. The van der Waals surface area contributed by atoms with E-state index in [0.717, 1.165) is 56.5 Å². The van der Waals surface area contributed by atoms with Gasteiger partial charge >= 0.3 is 0 Å². The summed E-state index contributed by atoms with van der Waals surface area (Å²) in [6.07, 6.45) is 9.26. The van der Waals surface area contributed by atoms with Gasteiger partial charge in [0.1, 0.15) is 0 Å². The van der Waals surface area contributed by atoms with Crippen molar-refractivity contribution >= 4 is 40.4 Å². The van der Waals surface area contributed by atoms with E-state index in [-0.39, 0.29) is 24.0 Å². The molecule has 2 fully saturated rings. The molecule has 5 rings (SSSR count). The number of rotatable bonds is 7. The van der Waals surface area contributed by atoms with Crippen molar-refractivity contribution in [2.24, 2.45) is 0 Å². The summed E-state index contributed by atoms with van der Waals surface area (Å²) >= 11 is 6.67. The van der Waals surface area contributed by atoms with Gasteiger partial charge in [0.2, 0.25) is 11.9 Å². The molecule has 2 aromatic heterocycles. The number of anilines is 1. The SMILES string of the molecule is CO[C@H]1CCN(C/C=C/C(=O)N2CCCC[C@@H](n3c(NC(=O)c4ccnc(C)c4)nc4cccc(Cl)c43)C2)C1. The smallest absolute Gasteiger partial charge is 0.258 e. The van der Waals surface area contributed by atoms with E-state index in [1.54, 1.807) is 31.5 Å². The van der Waals surface area contributed by atoms with Crippen molar-refractivity contribution in [2.75, 3.05) is 45.2 Å². The second-order valence-corrected chi connectivity index (χ2v) is 10.7. The highest BCUT2D eigenvalue weighted by atomic mass is 35.5. The van der Waals surface area contributed by atoms with Crippen molar-refractivity contribution in [3.63, 3.8) is 0 Å². The van der Waals surface area contributed by atoms with Crippen molar-refractivity contribution in [1.29, 1.82) is 0 Å². The lowest BCUT2D eigenvalue weighted by Gasteiger charge is -2.26. The molecule has 0 radical (unpaired) electrons. The molecule has 1 aromatic carbocycles. The molecule has 0 unspecified atom stereocenters. The maximum absolute atomic E-state index is 13.2. The number of methoxy groups -OCH3 is 1. The Labute approximate surface area is 233 Å². The monoisotopic (exact) mass is 550 g/mol. The van der Waals surface area contributed by atoms with Crippen LogP contribution in [0.1, 0.15) is 47.8 Å². The number of benzene rings is 1. The molecule has 2 aliphatic heterocycles. The predicted molar refractivity (Wildman–Crippen MR) is 152 cm³/mol. The van der Waals surface area contributed by atoms with Crippen molar-refractivity contribution in [2.45, 2.75) is 44.8 Å². The third-order valence-electron chi connectivity index (χ3n) is 7.55. The third-order valence-corrected chi connectivity index (χ3v) is 7.86. The summed E-state index contributed by atoms with van der Waals surface area (Å²) in [5.41, 5.74) is 2.72. The third kappa shape index (κ3) is 6.32. The van der Waals surface area contributed by atoms with Gasteiger partial charge in [-0.3, -0.25) is 24.8 Å². The molecule has 3 aromatic rings. The van der Waals surface area contributed by atoms with Crippen LogP contribution in [-0.2, 0) is 9.53 Å². The number of carbonyl (C=O) groups excluding carboxylic acids is 2. The van der Waals surface area contributed by atoms with Gasteiger partial charge in [0.05, 0.1) is 28.2 Å². The highest BCUT2D eigenvalue weighted by molar-refractivity contribution is 6.35. The van der Waals surface area contributed by atoms with Gasteiger partial charge in [-0.1, -0.05) is 23.7 Å². The second kappa shape index (κ2) is 12.3. The first kappa shape index (κ1) is 27.3. The molecule has 0 bridgehead atoms. The Hall–Kier alpha value is -3.27. The van der Waals surface area contributed by atoms with Crippen LogP contribution in [0.25, 0.3) is 11.0 Å². The molecular formula is C29H35ClN6O3. The van der Waals surface area contributed by atoms with Crippen LogP contribution in [0.2, 0.25) is 5.02 Å². The second-order valence-electron chi connectivity index (χ2n) is 10.3. The minimum absolute atomic E-state index is 0.00208. The van der Waals surface area contributed by atoms with Gasteiger partial charge in [-0.2, -0.15) is 0 Å². The Morgan fingerprint density at radius 1 is 1.18 bits per heavy atom. The standard InChI is InChI=1S/C29H35ClN6O3/c1-20-17-21(11-13-31-20)28(38)33-29-32-25-9-5-8-24(30)27(25)36(29)22-7-3-4-15-35(18-22)26(37)10-6-14-34-16-12-23(19-34)39-2/h5-6,8-11,13,17,22-23H,3-4,7,12,14-16,18-19H2,1-2H3,(H,32,33,38)/b10-6+/t22-,23+/m1/s1. The Kier molecular flexibility index (Phi) is 8.60. The van der Waals surface area contributed by atoms with E-state index < -0.39 is 0 Å². The molecular weight excluding hydrogens is 516 g/mol. The lowest BCUT2D eigenvalue weighted by molar-refractivity contribution is -0.126. The zero-order valence-electron chi connectivity index (χ0n) is 22.5. The van der Waals surface area contributed by atoms with Gasteiger partial charge < -0.3 is 14.2 Å². The normalized spacial score (nSPS) is 20.5. The molecule has 4 heterocycles. The number of nitrogens with zero attached hydrogens (tertiary/aromatic N) is 5. The number of aromatic nitrogens is 3. The number of hydrogen-bond donors (Lipinski definition) is 1. The molecule has 0 saturated carbocycles. The first-order valence-corrected chi connectivity index (χ1v) is 13.9. The van der Waals surface area contributed by atoms with Crippen molar-refractivity contribution in [1.82, 2.24) is 24.3 Å². The van der Waals surface area contributed by atoms with Crippen LogP contribution in [0.5, 0.6) is 0 Å². The van der Waals surface area contributed by atoms with E-state index in [9.17, 15) is 9.59 Å². The number of ether oxygens (including phenoxy) is 1. The topological polar surface area (TPSA) is 92.6 Å².